The first-order valence-electron chi connectivity index (χ1n) is 4.20. The van der Waals surface area contributed by atoms with E-state index in [-0.39, 0.29) is 16.8 Å². The van der Waals surface area contributed by atoms with Gasteiger partial charge in [0.25, 0.3) is 0 Å². The van der Waals surface area contributed by atoms with Crippen molar-refractivity contribution in [2.75, 3.05) is 5.32 Å². The van der Waals surface area contributed by atoms with E-state index in [1.54, 1.807) is 0 Å². The third kappa shape index (κ3) is 2.65. The van der Waals surface area contributed by atoms with E-state index < -0.39 is 5.97 Å². The quantitative estimate of drug-likeness (QED) is 0.749. The summed E-state index contributed by atoms with van der Waals surface area (Å²) < 4.78 is 0. The minimum atomic E-state index is -1.16. The van der Waals surface area contributed by atoms with Gasteiger partial charge < -0.3 is 10.4 Å². The Bertz CT molecular complexity index is 489. The Morgan fingerprint density at radius 2 is 2.31 bits per heavy atom. The molecule has 2 N–H and O–H groups in total. The molecule has 0 amide bonds. The van der Waals surface area contributed by atoms with Crippen molar-refractivity contribution in [2.24, 2.45) is 5.18 Å². The largest absolute Gasteiger partial charge is 0.478 e. The fraction of sp³-hybridized carbons (Fsp3) is 0. The highest BCUT2D eigenvalue weighted by molar-refractivity contribution is 5.94. The maximum Gasteiger partial charge on any atom is 0.337 e. The summed E-state index contributed by atoms with van der Waals surface area (Å²) in [5.41, 5.74) is 0.487. The van der Waals surface area contributed by atoms with Crippen LogP contribution in [0.1, 0.15) is 15.9 Å². The highest BCUT2D eigenvalue weighted by atomic mass is 16.4. The van der Waals surface area contributed by atoms with Crippen LogP contribution in [0.2, 0.25) is 0 Å². The van der Waals surface area contributed by atoms with Gasteiger partial charge in [0.15, 0.2) is 0 Å². The van der Waals surface area contributed by atoms with Crippen LogP contribution in [0, 0.1) is 16.2 Å². The minimum Gasteiger partial charge on any atom is -0.478 e. The van der Waals surface area contributed by atoms with Gasteiger partial charge in [-0.15, -0.1) is 4.91 Å². The maximum atomic E-state index is 10.9. The highest BCUT2D eigenvalue weighted by Crippen LogP contribution is 2.17. The summed E-state index contributed by atoms with van der Waals surface area (Å²) in [6.07, 6.45) is 2.16. The summed E-state index contributed by atoms with van der Waals surface area (Å²) in [5.74, 6) is -1.16. The normalized spacial score (nSPS) is 9.69. The second-order valence-electron chi connectivity index (χ2n) is 2.74. The minimum absolute atomic E-state index is 0.0467. The number of nitrogens with zero attached hydrogens (tertiary/aromatic N) is 2. The third-order valence-corrected chi connectivity index (χ3v) is 1.75. The Hall–Kier alpha value is -2.68. The molecular weight excluding hydrogens is 210 g/mol. The van der Waals surface area contributed by atoms with Gasteiger partial charge in [-0.1, -0.05) is 0 Å². The molecular formula is C10H7N3O3. The zero-order valence-corrected chi connectivity index (χ0v) is 8.04. The summed E-state index contributed by atoms with van der Waals surface area (Å²) in [6, 6.07) is 5.99. The number of hydrogen-bond donors (Lipinski definition) is 2. The van der Waals surface area contributed by atoms with Crippen LogP contribution in [0.3, 0.4) is 0 Å². The molecule has 0 aliphatic rings. The first kappa shape index (κ1) is 11.4. The summed E-state index contributed by atoms with van der Waals surface area (Å²) in [6.45, 7) is 0. The number of nitrogens with one attached hydrogen (secondary N) is 1. The molecule has 6 heteroatoms. The van der Waals surface area contributed by atoms with Crippen LogP contribution < -0.4 is 5.32 Å². The number of rotatable bonds is 4. The molecule has 0 saturated carbocycles. The van der Waals surface area contributed by atoms with Crippen LogP contribution in [0.4, 0.5) is 5.69 Å². The van der Waals surface area contributed by atoms with E-state index in [0.29, 0.717) is 0 Å². The monoisotopic (exact) mass is 217 g/mol. The summed E-state index contributed by atoms with van der Waals surface area (Å²) in [5, 5.41) is 22.5. The van der Waals surface area contributed by atoms with Gasteiger partial charge in [-0.3, -0.25) is 0 Å². The number of carboxylic acids is 1. The first-order valence-corrected chi connectivity index (χ1v) is 4.20. The van der Waals surface area contributed by atoms with E-state index in [1.165, 1.54) is 24.4 Å². The summed E-state index contributed by atoms with van der Waals surface area (Å²) in [4.78, 5) is 20.6. The lowest BCUT2D eigenvalue weighted by Gasteiger charge is -2.05. The van der Waals surface area contributed by atoms with Crippen LogP contribution in [0.25, 0.3) is 0 Å². The molecule has 0 saturated heterocycles. The van der Waals surface area contributed by atoms with E-state index in [0.717, 1.165) is 6.20 Å². The fourth-order valence-electron chi connectivity index (χ4n) is 1.07. The van der Waals surface area contributed by atoms with Gasteiger partial charge in [0.2, 0.25) is 0 Å². The molecule has 0 radical (unpaired) electrons. The number of carbonyl (C=O) groups is 1. The molecule has 0 fully saturated rings. The van der Waals surface area contributed by atoms with Crippen molar-refractivity contribution in [3.63, 3.8) is 0 Å². The number of nitriles is 1. The van der Waals surface area contributed by atoms with E-state index >= 15 is 0 Å². The molecule has 6 nitrogen and oxygen atoms in total. The molecule has 0 aromatic heterocycles. The van der Waals surface area contributed by atoms with Crippen LogP contribution in [0.15, 0.2) is 35.8 Å². The van der Waals surface area contributed by atoms with Gasteiger partial charge in [-0.25, -0.2) is 4.79 Å². The Kier molecular flexibility index (Phi) is 3.75. The van der Waals surface area contributed by atoms with Crippen LogP contribution >= 0.6 is 0 Å². The van der Waals surface area contributed by atoms with Gasteiger partial charge >= 0.3 is 5.97 Å². The van der Waals surface area contributed by atoms with E-state index in [1.807, 2.05) is 6.07 Å². The zero-order chi connectivity index (χ0) is 12.0. The number of hydrogen-bond acceptors (Lipinski definition) is 5. The number of anilines is 1. The topological polar surface area (TPSA) is 103 Å². The molecule has 0 spiro atoms. The zero-order valence-electron chi connectivity index (χ0n) is 8.04. The Morgan fingerprint density at radius 3 is 2.88 bits per heavy atom. The smallest absolute Gasteiger partial charge is 0.337 e. The average molecular weight is 217 g/mol. The molecule has 0 aliphatic heterocycles. The fourth-order valence-corrected chi connectivity index (χ4v) is 1.07. The average Bonchev–Trinajstić information content (AvgIpc) is 2.29. The molecule has 1 aromatic rings. The molecule has 0 aliphatic carbocycles. The first-order chi connectivity index (χ1) is 7.69. The number of aromatic carboxylic acids is 1. The van der Waals surface area contributed by atoms with E-state index in [9.17, 15) is 9.70 Å². The van der Waals surface area contributed by atoms with Crippen LogP contribution in [-0.4, -0.2) is 11.1 Å². The molecule has 1 rings (SSSR count). The van der Waals surface area contributed by atoms with Crippen molar-refractivity contribution in [1.29, 1.82) is 5.26 Å². The Labute approximate surface area is 90.8 Å². The lowest BCUT2D eigenvalue weighted by molar-refractivity contribution is 0.0698. The predicted octanol–water partition coefficient (Wildman–Crippen LogP) is 1.91. The lowest BCUT2D eigenvalue weighted by Crippen LogP contribution is -2.02. The second-order valence-corrected chi connectivity index (χ2v) is 2.74. The van der Waals surface area contributed by atoms with Crippen molar-refractivity contribution in [3.8, 4) is 6.07 Å². The molecule has 0 atom stereocenters. The molecule has 80 valence electrons. The maximum absolute atomic E-state index is 10.9. The molecule has 0 heterocycles. The van der Waals surface area contributed by atoms with Gasteiger partial charge in [0.1, 0.15) is 0 Å². The number of benzene rings is 1. The molecule has 16 heavy (non-hydrogen) atoms. The van der Waals surface area contributed by atoms with E-state index in [4.69, 9.17) is 10.4 Å². The van der Waals surface area contributed by atoms with Gasteiger partial charge in [-0.2, -0.15) is 5.26 Å². The number of nitroso groups, excluding NO2 is 1. The summed E-state index contributed by atoms with van der Waals surface area (Å²) in [7, 11) is 0. The second kappa shape index (κ2) is 5.26. The molecule has 0 unspecified atom stereocenters. The standard InChI is InChI=1S/C10H7N3O3/c11-6-7-1-2-9(12-3-4-13-16)8(5-7)10(14)15/h1-5,12H,(H,14,15)/b4-3+. The molecule has 1 aromatic carbocycles. The van der Waals surface area contributed by atoms with Gasteiger partial charge in [0, 0.05) is 6.20 Å². The Morgan fingerprint density at radius 1 is 1.56 bits per heavy atom. The van der Waals surface area contributed by atoms with E-state index in [2.05, 4.69) is 10.5 Å². The summed E-state index contributed by atoms with van der Waals surface area (Å²) >= 11 is 0. The van der Waals surface area contributed by atoms with Crippen molar-refractivity contribution in [2.45, 2.75) is 0 Å². The van der Waals surface area contributed by atoms with Gasteiger partial charge in [0.05, 0.1) is 29.1 Å². The van der Waals surface area contributed by atoms with Crippen molar-refractivity contribution < 1.29 is 9.90 Å². The van der Waals surface area contributed by atoms with Crippen molar-refractivity contribution in [1.82, 2.24) is 0 Å². The van der Waals surface area contributed by atoms with Crippen molar-refractivity contribution in [3.05, 3.63) is 46.6 Å². The third-order valence-electron chi connectivity index (χ3n) is 1.75. The van der Waals surface area contributed by atoms with Gasteiger partial charge in [-0.05, 0) is 23.4 Å². The van der Waals surface area contributed by atoms with Crippen LogP contribution in [0.5, 0.6) is 0 Å². The van der Waals surface area contributed by atoms with Crippen LogP contribution in [-0.2, 0) is 0 Å². The Balaban J connectivity index is 3.09. The predicted molar refractivity (Wildman–Crippen MR) is 56.7 cm³/mol. The lowest BCUT2D eigenvalue weighted by atomic mass is 10.1. The SMILES string of the molecule is N#Cc1ccc(N/C=C/N=O)c(C(=O)O)c1. The van der Waals surface area contributed by atoms with Crippen molar-refractivity contribution >= 4 is 11.7 Å². The molecule has 0 bridgehead atoms. The number of carboxylic acid groups (broad SMARTS) is 1. The highest BCUT2D eigenvalue weighted by Gasteiger charge is 2.09.